The van der Waals surface area contributed by atoms with Crippen molar-refractivity contribution in [3.05, 3.63) is 0 Å². The molecule has 2 saturated heterocycles. The van der Waals surface area contributed by atoms with Crippen molar-refractivity contribution in [3.8, 4) is 0 Å². The maximum absolute atomic E-state index is 6.10. The minimum Gasteiger partial charge on any atom is -0.369 e. The van der Waals surface area contributed by atoms with E-state index in [4.69, 9.17) is 9.47 Å². The second kappa shape index (κ2) is 4.21. The first kappa shape index (κ1) is 12.6. The van der Waals surface area contributed by atoms with Gasteiger partial charge >= 0.3 is 0 Å². The average Bonchev–Trinajstić information content (AvgIpc) is 3.26. The molecule has 0 N–H and O–H groups in total. The SMILES string of the molecule is CCC(C)C1OC1C1CC(C(C)C)C2CC3OC3C21. The predicted molar refractivity (Wildman–Crippen MR) is 74.8 cm³/mol. The highest BCUT2D eigenvalue weighted by Gasteiger charge is 2.66. The fourth-order valence-corrected chi connectivity index (χ4v) is 5.31. The zero-order valence-electron chi connectivity index (χ0n) is 12.7. The summed E-state index contributed by atoms with van der Waals surface area (Å²) in [6.45, 7) is 9.46. The molecule has 0 aromatic carbocycles. The maximum Gasteiger partial charge on any atom is 0.0876 e. The number of hydrogen-bond acceptors (Lipinski definition) is 2. The molecule has 2 saturated carbocycles. The van der Waals surface area contributed by atoms with Crippen molar-refractivity contribution in [1.82, 2.24) is 0 Å². The van der Waals surface area contributed by atoms with Crippen molar-refractivity contribution in [3.63, 3.8) is 0 Å². The molecule has 2 heterocycles. The van der Waals surface area contributed by atoms with E-state index >= 15 is 0 Å². The lowest BCUT2D eigenvalue weighted by Gasteiger charge is -2.23. The molecular weight excluding hydrogens is 236 g/mol. The van der Waals surface area contributed by atoms with Gasteiger partial charge in [-0.3, -0.25) is 0 Å². The molecule has 2 heteroatoms. The molecule has 4 rings (SSSR count). The number of ether oxygens (including phenoxy) is 2. The summed E-state index contributed by atoms with van der Waals surface area (Å²) in [5, 5.41) is 0. The van der Waals surface area contributed by atoms with Crippen LogP contribution in [0.25, 0.3) is 0 Å². The van der Waals surface area contributed by atoms with Crippen molar-refractivity contribution in [2.24, 2.45) is 35.5 Å². The molecule has 0 spiro atoms. The summed E-state index contributed by atoms with van der Waals surface area (Å²) in [4.78, 5) is 0. The van der Waals surface area contributed by atoms with Gasteiger partial charge in [-0.2, -0.15) is 0 Å². The average molecular weight is 264 g/mol. The maximum atomic E-state index is 6.10. The van der Waals surface area contributed by atoms with Gasteiger partial charge in [0.1, 0.15) is 0 Å². The van der Waals surface area contributed by atoms with Gasteiger partial charge in [-0.05, 0) is 48.3 Å². The molecule has 0 bridgehead atoms. The molecule has 4 aliphatic rings. The lowest BCUT2D eigenvalue weighted by molar-refractivity contribution is 0.155. The van der Waals surface area contributed by atoms with Crippen molar-refractivity contribution in [2.45, 2.75) is 71.4 Å². The van der Waals surface area contributed by atoms with Crippen LogP contribution in [0.4, 0.5) is 0 Å². The standard InChI is InChI=1S/C17H28O2/c1-5-9(4)15-16(19-15)12-6-10(8(2)3)11-7-13-17(18-13)14(11)12/h8-17H,5-7H2,1-4H3. The molecule has 2 nitrogen and oxygen atoms in total. The van der Waals surface area contributed by atoms with Gasteiger partial charge in [0.15, 0.2) is 0 Å². The van der Waals surface area contributed by atoms with E-state index in [1.807, 2.05) is 0 Å². The van der Waals surface area contributed by atoms with Crippen LogP contribution in [0.15, 0.2) is 0 Å². The number of hydrogen-bond donors (Lipinski definition) is 0. The fraction of sp³-hybridized carbons (Fsp3) is 1.00. The van der Waals surface area contributed by atoms with Crippen LogP contribution < -0.4 is 0 Å². The van der Waals surface area contributed by atoms with E-state index in [0.29, 0.717) is 24.4 Å². The highest BCUT2D eigenvalue weighted by molar-refractivity contribution is 5.14. The van der Waals surface area contributed by atoms with Gasteiger partial charge in [-0.15, -0.1) is 0 Å². The molecule has 0 aromatic heterocycles. The smallest absolute Gasteiger partial charge is 0.0876 e. The summed E-state index contributed by atoms with van der Waals surface area (Å²) >= 11 is 0. The van der Waals surface area contributed by atoms with Crippen LogP contribution >= 0.6 is 0 Å². The molecule has 9 atom stereocenters. The zero-order chi connectivity index (χ0) is 13.3. The third-order valence-electron chi connectivity index (χ3n) is 6.63. The van der Waals surface area contributed by atoms with Crippen molar-refractivity contribution in [1.29, 1.82) is 0 Å². The Morgan fingerprint density at radius 2 is 1.79 bits per heavy atom. The first-order valence-electron chi connectivity index (χ1n) is 8.42. The Morgan fingerprint density at radius 3 is 2.47 bits per heavy atom. The third kappa shape index (κ3) is 1.82. The fourth-order valence-electron chi connectivity index (χ4n) is 5.31. The Bertz CT molecular complexity index is 366. The van der Waals surface area contributed by atoms with Crippen molar-refractivity contribution in [2.75, 3.05) is 0 Å². The predicted octanol–water partition coefficient (Wildman–Crippen LogP) is 3.50. The first-order valence-corrected chi connectivity index (χ1v) is 8.42. The molecule has 0 radical (unpaired) electrons. The highest BCUT2D eigenvalue weighted by atomic mass is 16.6. The molecule has 2 aliphatic carbocycles. The topological polar surface area (TPSA) is 25.1 Å². The second-order valence-corrected chi connectivity index (χ2v) is 7.87. The Balaban J connectivity index is 1.50. The van der Waals surface area contributed by atoms with Crippen LogP contribution in [0.2, 0.25) is 0 Å². The number of fused-ring (bicyclic) bond motifs is 3. The largest absolute Gasteiger partial charge is 0.369 e. The van der Waals surface area contributed by atoms with Crippen LogP contribution in [0, 0.1) is 35.5 Å². The molecule has 9 unspecified atom stereocenters. The van der Waals surface area contributed by atoms with Gasteiger partial charge in [0, 0.05) is 0 Å². The van der Waals surface area contributed by atoms with E-state index in [9.17, 15) is 0 Å². The first-order chi connectivity index (χ1) is 9.11. The summed E-state index contributed by atoms with van der Waals surface area (Å²) in [7, 11) is 0. The van der Waals surface area contributed by atoms with E-state index in [-0.39, 0.29) is 0 Å². The molecule has 0 amide bonds. The Hall–Kier alpha value is -0.0800. The lowest BCUT2D eigenvalue weighted by atomic mass is 9.83. The van der Waals surface area contributed by atoms with Gasteiger partial charge in [0.25, 0.3) is 0 Å². The third-order valence-corrected chi connectivity index (χ3v) is 6.63. The van der Waals surface area contributed by atoms with Crippen LogP contribution in [0.5, 0.6) is 0 Å². The Morgan fingerprint density at radius 1 is 1.00 bits per heavy atom. The van der Waals surface area contributed by atoms with Crippen LogP contribution in [-0.4, -0.2) is 24.4 Å². The van der Waals surface area contributed by atoms with Gasteiger partial charge in [-0.25, -0.2) is 0 Å². The second-order valence-electron chi connectivity index (χ2n) is 7.87. The van der Waals surface area contributed by atoms with Crippen molar-refractivity contribution >= 4 is 0 Å². The molecule has 19 heavy (non-hydrogen) atoms. The van der Waals surface area contributed by atoms with Gasteiger partial charge in [0.05, 0.1) is 24.4 Å². The Kier molecular flexibility index (Phi) is 2.80. The van der Waals surface area contributed by atoms with Crippen LogP contribution in [-0.2, 0) is 9.47 Å². The lowest BCUT2D eigenvalue weighted by Crippen LogP contribution is -2.24. The molecule has 2 aliphatic heterocycles. The van der Waals surface area contributed by atoms with Crippen molar-refractivity contribution < 1.29 is 9.47 Å². The summed E-state index contributed by atoms with van der Waals surface area (Å²) in [6.07, 6.45) is 6.35. The van der Waals surface area contributed by atoms with Gasteiger partial charge in [0.2, 0.25) is 0 Å². The number of rotatable bonds is 4. The van der Waals surface area contributed by atoms with Gasteiger partial charge in [-0.1, -0.05) is 34.1 Å². The zero-order valence-corrected chi connectivity index (χ0v) is 12.7. The summed E-state index contributed by atoms with van der Waals surface area (Å²) < 4.78 is 12.0. The quantitative estimate of drug-likeness (QED) is 0.726. The normalized spacial score (nSPS) is 56.1. The minimum atomic E-state index is 0.555. The monoisotopic (exact) mass is 264 g/mol. The molecule has 108 valence electrons. The minimum absolute atomic E-state index is 0.555. The number of epoxide rings is 2. The van der Waals surface area contributed by atoms with E-state index < -0.39 is 0 Å². The van der Waals surface area contributed by atoms with Gasteiger partial charge < -0.3 is 9.47 Å². The molecule has 4 fully saturated rings. The van der Waals surface area contributed by atoms with E-state index in [1.54, 1.807) is 0 Å². The Labute approximate surface area is 117 Å². The van der Waals surface area contributed by atoms with Crippen LogP contribution in [0.3, 0.4) is 0 Å². The molecule has 0 aromatic rings. The van der Waals surface area contributed by atoms with E-state index in [0.717, 1.165) is 35.5 Å². The van der Waals surface area contributed by atoms with E-state index in [2.05, 4.69) is 27.7 Å². The highest BCUT2D eigenvalue weighted by Crippen LogP contribution is 2.63. The van der Waals surface area contributed by atoms with E-state index in [1.165, 1.54) is 19.3 Å². The summed E-state index contributed by atoms with van der Waals surface area (Å²) in [6, 6.07) is 0. The van der Waals surface area contributed by atoms with Crippen LogP contribution in [0.1, 0.15) is 47.0 Å². The molecular formula is C17H28O2. The summed E-state index contributed by atoms with van der Waals surface area (Å²) in [5.41, 5.74) is 0. The summed E-state index contributed by atoms with van der Waals surface area (Å²) in [5.74, 6) is 5.06.